The third kappa shape index (κ3) is 5.55. The van der Waals surface area contributed by atoms with Crippen LogP contribution in [0.15, 0.2) is 35.7 Å². The van der Waals surface area contributed by atoms with E-state index in [1.807, 2.05) is 12.1 Å². The average Bonchev–Trinajstić information content (AvgIpc) is 3.11. The molecule has 144 valence electrons. The summed E-state index contributed by atoms with van der Waals surface area (Å²) >= 11 is 1.25. The molecule has 2 rings (SSSR count). The van der Waals surface area contributed by atoms with Gasteiger partial charge in [0.25, 0.3) is 11.8 Å². The van der Waals surface area contributed by atoms with Crippen LogP contribution in [-0.4, -0.2) is 37.5 Å². The van der Waals surface area contributed by atoms with Gasteiger partial charge in [-0.25, -0.2) is 4.79 Å². The van der Waals surface area contributed by atoms with E-state index in [0.29, 0.717) is 10.4 Å². The molecular formula is C19H23N3O4S. The lowest BCUT2D eigenvalue weighted by Gasteiger charge is -2.21. The number of esters is 1. The Hall–Kier alpha value is -2.87. The number of aryl methyl sites for hydroxylation is 1. The molecule has 0 spiro atoms. The number of rotatable bonds is 7. The third-order valence-electron chi connectivity index (χ3n) is 3.96. The van der Waals surface area contributed by atoms with Crippen LogP contribution in [0.2, 0.25) is 0 Å². The Balaban J connectivity index is 1.80. The molecule has 0 radical (unpaired) electrons. The highest BCUT2D eigenvalue weighted by molar-refractivity contribution is 7.12. The second kappa shape index (κ2) is 9.72. The molecule has 27 heavy (non-hydrogen) atoms. The molecular weight excluding hydrogens is 366 g/mol. The zero-order valence-corrected chi connectivity index (χ0v) is 16.4. The summed E-state index contributed by atoms with van der Waals surface area (Å²) in [7, 11) is 0. The zero-order valence-electron chi connectivity index (χ0n) is 15.6. The van der Waals surface area contributed by atoms with Crippen LogP contribution in [0.4, 0.5) is 5.69 Å². The number of nitrogens with zero attached hydrogens (tertiary/aromatic N) is 1. The molecule has 1 aromatic carbocycles. The van der Waals surface area contributed by atoms with Gasteiger partial charge in [-0.3, -0.25) is 20.4 Å². The Morgan fingerprint density at radius 2 is 1.70 bits per heavy atom. The fraction of sp³-hybridized carbons (Fsp3) is 0.316. The lowest BCUT2D eigenvalue weighted by molar-refractivity contribution is -0.125. The van der Waals surface area contributed by atoms with Gasteiger partial charge >= 0.3 is 5.97 Å². The Morgan fingerprint density at radius 1 is 1.04 bits per heavy atom. The second-order valence-corrected chi connectivity index (χ2v) is 6.65. The van der Waals surface area contributed by atoms with Gasteiger partial charge < -0.3 is 9.64 Å². The molecule has 2 N–H and O–H groups in total. The summed E-state index contributed by atoms with van der Waals surface area (Å²) in [5.74, 6) is -1.63. The van der Waals surface area contributed by atoms with Gasteiger partial charge in [-0.15, -0.1) is 11.3 Å². The van der Waals surface area contributed by atoms with Crippen molar-refractivity contribution in [2.75, 3.05) is 24.6 Å². The number of hydrazine groups is 1. The minimum Gasteiger partial charge on any atom is -0.451 e. The van der Waals surface area contributed by atoms with Crippen LogP contribution in [0.3, 0.4) is 0 Å². The van der Waals surface area contributed by atoms with E-state index in [4.69, 9.17) is 4.74 Å². The highest BCUT2D eigenvalue weighted by Crippen LogP contribution is 2.16. The van der Waals surface area contributed by atoms with Crippen LogP contribution < -0.4 is 15.8 Å². The molecule has 0 bridgehead atoms. The van der Waals surface area contributed by atoms with Gasteiger partial charge in [-0.1, -0.05) is 0 Å². The molecule has 0 unspecified atom stereocenters. The molecule has 0 aliphatic carbocycles. The molecule has 0 aliphatic rings. The number of thiophene rings is 1. The van der Waals surface area contributed by atoms with Crippen LogP contribution in [0.5, 0.6) is 0 Å². The van der Waals surface area contributed by atoms with E-state index in [-0.39, 0.29) is 0 Å². The van der Waals surface area contributed by atoms with Gasteiger partial charge in [-0.2, -0.15) is 0 Å². The summed E-state index contributed by atoms with van der Waals surface area (Å²) in [5.41, 5.74) is 6.77. The molecule has 1 heterocycles. The Bertz CT molecular complexity index is 798. The summed E-state index contributed by atoms with van der Waals surface area (Å²) in [6, 6.07) is 8.89. The molecule has 2 amide bonds. The molecule has 0 atom stereocenters. The van der Waals surface area contributed by atoms with Crippen molar-refractivity contribution in [3.05, 3.63) is 51.7 Å². The number of hydrogen-bond acceptors (Lipinski definition) is 6. The molecule has 0 saturated heterocycles. The molecule has 0 fully saturated rings. The SMILES string of the molecule is CCN(CC)c1ccc(C(=O)NNC(=O)COC(=O)c2sccc2C)cc1. The molecule has 7 nitrogen and oxygen atoms in total. The Kier molecular flexibility index (Phi) is 7.36. The molecule has 8 heteroatoms. The molecule has 1 aromatic heterocycles. The van der Waals surface area contributed by atoms with E-state index < -0.39 is 24.4 Å². The monoisotopic (exact) mass is 389 g/mol. The number of benzene rings is 1. The maximum absolute atomic E-state index is 12.1. The van der Waals surface area contributed by atoms with E-state index in [1.54, 1.807) is 30.5 Å². The van der Waals surface area contributed by atoms with Gasteiger partial charge in [0.05, 0.1) is 0 Å². The van der Waals surface area contributed by atoms with Crippen molar-refractivity contribution in [1.29, 1.82) is 0 Å². The summed E-state index contributed by atoms with van der Waals surface area (Å²) in [5, 5.41) is 1.78. The number of carbonyl (C=O) groups is 3. The minimum absolute atomic E-state index is 0.414. The summed E-state index contributed by atoms with van der Waals surface area (Å²) < 4.78 is 4.94. The number of ether oxygens (including phenoxy) is 1. The first-order valence-corrected chi connectivity index (χ1v) is 9.49. The largest absolute Gasteiger partial charge is 0.451 e. The second-order valence-electron chi connectivity index (χ2n) is 5.73. The van der Waals surface area contributed by atoms with Crippen molar-refractivity contribution in [2.24, 2.45) is 0 Å². The third-order valence-corrected chi connectivity index (χ3v) is 4.95. The van der Waals surface area contributed by atoms with Crippen LogP contribution in [0, 0.1) is 6.92 Å². The van der Waals surface area contributed by atoms with Crippen LogP contribution >= 0.6 is 11.3 Å². The first-order chi connectivity index (χ1) is 13.0. The number of anilines is 1. The van der Waals surface area contributed by atoms with Crippen molar-refractivity contribution in [3.63, 3.8) is 0 Å². The molecule has 0 saturated carbocycles. The van der Waals surface area contributed by atoms with E-state index >= 15 is 0 Å². The minimum atomic E-state index is -0.620. The number of nitrogens with one attached hydrogen (secondary N) is 2. The van der Waals surface area contributed by atoms with Crippen LogP contribution in [0.1, 0.15) is 39.4 Å². The summed E-state index contributed by atoms with van der Waals surface area (Å²) in [4.78, 5) is 38.3. The van der Waals surface area contributed by atoms with Crippen LogP contribution in [0.25, 0.3) is 0 Å². The van der Waals surface area contributed by atoms with Crippen molar-refractivity contribution >= 4 is 34.8 Å². The van der Waals surface area contributed by atoms with Gasteiger partial charge in [0.15, 0.2) is 6.61 Å². The smallest absolute Gasteiger partial charge is 0.349 e. The van der Waals surface area contributed by atoms with Crippen molar-refractivity contribution in [3.8, 4) is 0 Å². The summed E-state index contributed by atoms with van der Waals surface area (Å²) in [6.07, 6.45) is 0. The topological polar surface area (TPSA) is 87.7 Å². The number of amides is 2. The highest BCUT2D eigenvalue weighted by atomic mass is 32.1. The van der Waals surface area contributed by atoms with E-state index in [9.17, 15) is 14.4 Å². The quantitative estimate of drug-likeness (QED) is 0.561. The Labute approximate surface area is 162 Å². The lowest BCUT2D eigenvalue weighted by Crippen LogP contribution is -2.43. The van der Waals surface area contributed by atoms with Crippen LogP contribution in [-0.2, 0) is 9.53 Å². The average molecular weight is 389 g/mol. The molecule has 0 aliphatic heterocycles. The number of hydrogen-bond donors (Lipinski definition) is 2. The normalized spacial score (nSPS) is 10.2. The van der Waals surface area contributed by atoms with Crippen molar-refractivity contribution in [2.45, 2.75) is 20.8 Å². The van der Waals surface area contributed by atoms with Crippen molar-refractivity contribution < 1.29 is 19.1 Å². The maximum atomic E-state index is 12.1. The summed E-state index contributed by atoms with van der Waals surface area (Å²) in [6.45, 7) is 7.19. The predicted molar refractivity (Wildman–Crippen MR) is 105 cm³/mol. The predicted octanol–water partition coefficient (Wildman–Crippen LogP) is 2.52. The van der Waals surface area contributed by atoms with Gasteiger partial charge in [-0.05, 0) is 62.0 Å². The number of carbonyl (C=O) groups excluding carboxylic acids is 3. The maximum Gasteiger partial charge on any atom is 0.349 e. The van der Waals surface area contributed by atoms with Gasteiger partial charge in [0.2, 0.25) is 0 Å². The Morgan fingerprint density at radius 3 is 2.26 bits per heavy atom. The first-order valence-electron chi connectivity index (χ1n) is 8.61. The van der Waals surface area contributed by atoms with E-state index in [0.717, 1.165) is 24.3 Å². The van der Waals surface area contributed by atoms with Crippen molar-refractivity contribution in [1.82, 2.24) is 10.9 Å². The van der Waals surface area contributed by atoms with E-state index in [1.165, 1.54) is 11.3 Å². The van der Waals surface area contributed by atoms with Gasteiger partial charge in [0.1, 0.15) is 4.88 Å². The fourth-order valence-electron chi connectivity index (χ4n) is 2.43. The lowest BCUT2D eigenvalue weighted by atomic mass is 10.2. The first kappa shape index (κ1) is 20.4. The zero-order chi connectivity index (χ0) is 19.8. The highest BCUT2D eigenvalue weighted by Gasteiger charge is 2.14. The standard InChI is InChI=1S/C19H23N3O4S/c1-4-22(5-2)15-8-6-14(7-9-15)18(24)21-20-16(23)12-26-19(25)17-13(3)10-11-27-17/h6-11H,4-5,12H2,1-3H3,(H,20,23)(H,21,24). The van der Waals surface area contributed by atoms with E-state index in [2.05, 4.69) is 29.6 Å². The fourth-order valence-corrected chi connectivity index (χ4v) is 3.24. The molecule has 2 aromatic rings. The van der Waals surface area contributed by atoms with Gasteiger partial charge in [0, 0.05) is 24.3 Å².